The molecule has 1 N–H and O–H groups in total. The van der Waals surface area contributed by atoms with Gasteiger partial charge >= 0.3 is 45.5 Å². The Bertz CT molecular complexity index is 2840. The Hall–Kier alpha value is -5.86. The number of benzene rings is 1. The second kappa shape index (κ2) is 21.9. The predicted molar refractivity (Wildman–Crippen MR) is 297 cm³/mol. The first kappa shape index (κ1) is 57.8. The van der Waals surface area contributed by atoms with E-state index in [-0.39, 0.29) is 64.5 Å². The lowest BCUT2D eigenvalue weighted by Gasteiger charge is -2.32. The van der Waals surface area contributed by atoms with Gasteiger partial charge < -0.3 is 52.0 Å². The average Bonchev–Trinajstić information content (AvgIpc) is 4.34. The number of hydrogen-bond acceptors (Lipinski definition) is 18. The van der Waals surface area contributed by atoms with Crippen LogP contribution >= 0.6 is 15.9 Å². The highest BCUT2D eigenvalue weighted by molar-refractivity contribution is 9.10. The number of nitrogens with zero attached hydrogens (tertiary/aromatic N) is 7. The number of fused-ring (bicyclic) bond motifs is 3. The van der Waals surface area contributed by atoms with Gasteiger partial charge in [0.15, 0.2) is 0 Å². The zero-order chi connectivity index (χ0) is 57.0. The molecule has 0 unspecified atom stereocenters. The van der Waals surface area contributed by atoms with E-state index in [0.717, 1.165) is 32.3 Å². The van der Waals surface area contributed by atoms with Crippen molar-refractivity contribution in [2.45, 2.75) is 135 Å². The molecule has 7 saturated heterocycles. The molecular weight excluding hydrogens is 1090 g/mol. The average molecular weight is 1150 g/mol. The van der Waals surface area contributed by atoms with Gasteiger partial charge in [0, 0.05) is 34.1 Å². The molecule has 8 aliphatic rings. The van der Waals surface area contributed by atoms with Gasteiger partial charge in [-0.1, -0.05) is 12.1 Å². The number of carbonyl (C=O) groups excluding carboxylic acids is 4. The van der Waals surface area contributed by atoms with E-state index in [9.17, 15) is 24.3 Å². The number of aliphatic hydroxyl groups excluding tert-OH is 1. The number of amides is 4. The van der Waals surface area contributed by atoms with Gasteiger partial charge in [-0.25, -0.2) is 34.1 Å². The second-order valence-corrected chi connectivity index (χ2v) is 23.8. The van der Waals surface area contributed by atoms with Gasteiger partial charge in [-0.3, -0.25) is 19.6 Å². The molecule has 0 bridgehead atoms. The molecule has 1 aromatic carbocycles. The summed E-state index contributed by atoms with van der Waals surface area (Å²) >= 11 is 3.27. The Morgan fingerprint density at radius 3 is 1.37 bits per heavy atom. The number of aromatic nitrogens is 3. The van der Waals surface area contributed by atoms with Gasteiger partial charge in [-0.2, -0.15) is 0 Å². The van der Waals surface area contributed by atoms with E-state index in [0.29, 0.717) is 63.3 Å². The molecule has 0 saturated carbocycles. The highest BCUT2D eigenvalue weighted by Crippen LogP contribution is 2.44. The first-order valence-electron chi connectivity index (χ1n) is 26.3. The van der Waals surface area contributed by atoms with Crippen LogP contribution in [0.4, 0.5) is 42.3 Å². The topological polar surface area (TPSA) is 232 Å². The summed E-state index contributed by atoms with van der Waals surface area (Å²) in [5, 5.41) is 9.43. The smallest absolute Gasteiger partial charge is 0.447 e. The van der Waals surface area contributed by atoms with E-state index in [2.05, 4.69) is 30.9 Å². The maximum atomic E-state index is 12.1. The van der Waals surface area contributed by atoms with Crippen molar-refractivity contribution in [3.8, 4) is 11.1 Å². The van der Waals surface area contributed by atoms with E-state index in [1.807, 2.05) is 119 Å². The second-order valence-electron chi connectivity index (χ2n) is 22.9. The quantitative estimate of drug-likeness (QED) is 0.141. The fourth-order valence-corrected chi connectivity index (χ4v) is 9.57. The number of pyridine rings is 3. The summed E-state index contributed by atoms with van der Waals surface area (Å²) in [7, 11) is -1.39. The number of rotatable bonds is 7. The molecule has 26 heteroatoms. The summed E-state index contributed by atoms with van der Waals surface area (Å²) < 4.78 is 56.5. The van der Waals surface area contributed by atoms with Crippen molar-refractivity contribution in [3.05, 3.63) is 83.2 Å². The van der Waals surface area contributed by atoms with E-state index in [4.69, 9.17) is 46.9 Å². The number of cyclic esters (lactones) is 4. The minimum absolute atomic E-state index is 0.158. The number of ether oxygens (including phenoxy) is 4. The van der Waals surface area contributed by atoms with Crippen LogP contribution in [-0.2, 0) is 53.3 Å². The summed E-state index contributed by atoms with van der Waals surface area (Å²) in [6, 6.07) is 16.7. The fraction of sp³-hybridized carbons (Fsp3) is 0.528. The van der Waals surface area contributed by atoms with Crippen LogP contribution in [0.25, 0.3) is 11.1 Å². The van der Waals surface area contributed by atoms with Crippen molar-refractivity contribution in [2.24, 2.45) is 0 Å². The Morgan fingerprint density at radius 1 is 0.544 bits per heavy atom. The largest absolute Gasteiger partial charge is 0.496 e. The van der Waals surface area contributed by atoms with Crippen molar-refractivity contribution in [1.29, 1.82) is 0 Å². The Balaban J connectivity index is 0.000000132. The number of anilines is 4. The first-order valence-corrected chi connectivity index (χ1v) is 27.1. The van der Waals surface area contributed by atoms with Crippen LogP contribution in [0.2, 0.25) is 0 Å². The molecule has 7 fully saturated rings. The van der Waals surface area contributed by atoms with Crippen LogP contribution in [0.5, 0.6) is 0 Å². The van der Waals surface area contributed by atoms with Gasteiger partial charge in [0.05, 0.1) is 71.6 Å². The number of aliphatic hydroxyl groups is 1. The molecule has 3 aromatic heterocycles. The molecular formula is C53H67B3BrN7O15. The van der Waals surface area contributed by atoms with Crippen molar-refractivity contribution < 1.29 is 71.2 Å². The minimum atomic E-state index is -0.491. The van der Waals surface area contributed by atoms with Gasteiger partial charge in [-0.15, -0.1) is 0 Å². The van der Waals surface area contributed by atoms with Crippen LogP contribution < -0.4 is 25.1 Å². The third-order valence-corrected chi connectivity index (χ3v) is 16.6. The zero-order valence-electron chi connectivity index (χ0n) is 46.6. The van der Waals surface area contributed by atoms with Crippen LogP contribution in [0.1, 0.15) is 88.6 Å². The van der Waals surface area contributed by atoms with Crippen molar-refractivity contribution in [1.82, 2.24) is 15.0 Å². The van der Waals surface area contributed by atoms with Crippen molar-refractivity contribution in [3.63, 3.8) is 0 Å². The van der Waals surface area contributed by atoms with Gasteiger partial charge in [0.2, 0.25) is 0 Å². The van der Waals surface area contributed by atoms with Gasteiger partial charge in [-0.05, 0) is 159 Å². The molecule has 0 radical (unpaired) electrons. The maximum absolute atomic E-state index is 12.1. The lowest BCUT2D eigenvalue weighted by molar-refractivity contribution is 0.00578. The zero-order valence-corrected chi connectivity index (χ0v) is 48.2. The predicted octanol–water partition coefficient (Wildman–Crippen LogP) is 7.33. The van der Waals surface area contributed by atoms with Crippen LogP contribution in [-0.4, -0.2) is 157 Å². The maximum Gasteiger partial charge on any atom is 0.496 e. The van der Waals surface area contributed by atoms with Gasteiger partial charge in [0.25, 0.3) is 0 Å². The number of hydrogen-bond donors (Lipinski definition) is 1. The SMILES string of the molecule is CC1(C)OB(B2OC(C)(C)C(C)(C)O2)OC1(C)C.CC1(C)OB(c2ccc(N3CCOC3=O)nc2)OC1(C)C.O=C1OCCN1c1ccc(-c2ccc3c(c2)C[C@H]2[C@H](CO)OC(=O)N32)cn1.O=C1OCCN1c1ccc(Br)cn1. The van der Waals surface area contributed by atoms with Crippen LogP contribution in [0.3, 0.4) is 0 Å². The lowest BCUT2D eigenvalue weighted by Crippen LogP contribution is -2.41. The molecule has 4 aromatic rings. The summed E-state index contributed by atoms with van der Waals surface area (Å²) in [5.74, 6) is 1.78. The lowest BCUT2D eigenvalue weighted by atomic mass is 9.49. The highest BCUT2D eigenvalue weighted by Gasteiger charge is 2.64. The minimum Gasteiger partial charge on any atom is -0.447 e. The van der Waals surface area contributed by atoms with Crippen LogP contribution in [0.15, 0.2) is 77.7 Å². The first-order chi connectivity index (χ1) is 37.1. The molecule has 2 atom stereocenters. The van der Waals surface area contributed by atoms with E-state index < -0.39 is 33.3 Å². The molecule has 79 heavy (non-hydrogen) atoms. The van der Waals surface area contributed by atoms with Crippen LogP contribution in [0, 0.1) is 0 Å². The summed E-state index contributed by atoms with van der Waals surface area (Å²) in [5.41, 5.74) is 2.41. The molecule has 22 nitrogen and oxygen atoms in total. The van der Waals surface area contributed by atoms with Crippen molar-refractivity contribution >= 4 is 90.0 Å². The number of carbonyl (C=O) groups is 4. The summed E-state index contributed by atoms with van der Waals surface area (Å²) in [6.45, 7) is 26.9. The molecule has 8 aliphatic heterocycles. The van der Waals surface area contributed by atoms with Crippen molar-refractivity contribution in [2.75, 3.05) is 65.7 Å². The Morgan fingerprint density at radius 2 is 0.975 bits per heavy atom. The normalized spacial score (nSPS) is 24.2. The molecule has 11 heterocycles. The standard InChI is InChI=1S/C19H17N3O5.C14H19BN2O4.C12H24B2O4.C8H7BrN2O2/c23-10-16-15-8-13-7-11(1-3-14(13)22(15)19(25)27-16)12-2-4-17(20-9-12)21-5-6-26-18(21)24;1-13(2)14(3,4)21-15(20-13)10-5-6-11(16-9-10)17-7-8-19-12(17)18;1-9(2)10(3,4)16-13(15-9)14-17-11(5,6)12(7,8)18-14;9-6-1-2-7(10-5-6)11-3-4-13-8(11)12/h1-4,7,9,15-16,23H,5-6,8,10H2;5-6,9H,7-8H2,1-4H3;1-8H3;1-2,5H,3-4H2/t15-,16-;;;/m0.../s1. The Kier molecular flexibility index (Phi) is 16.0. The third kappa shape index (κ3) is 11.7. The third-order valence-electron chi connectivity index (χ3n) is 16.1. The molecule has 420 valence electrons. The molecule has 0 spiro atoms. The van der Waals surface area contributed by atoms with Gasteiger partial charge in [0.1, 0.15) is 43.4 Å². The summed E-state index contributed by atoms with van der Waals surface area (Å²) in [6.07, 6.45) is 3.75. The fourth-order valence-electron chi connectivity index (χ4n) is 9.34. The highest BCUT2D eigenvalue weighted by atomic mass is 79.9. The van der Waals surface area contributed by atoms with E-state index in [1.54, 1.807) is 41.7 Å². The Labute approximate surface area is 469 Å². The van der Waals surface area contributed by atoms with E-state index >= 15 is 0 Å². The molecule has 0 aliphatic carbocycles. The van der Waals surface area contributed by atoms with E-state index in [1.165, 1.54) is 14.7 Å². The summed E-state index contributed by atoms with van der Waals surface area (Å²) in [4.78, 5) is 65.2. The monoisotopic (exact) mass is 1150 g/mol. The molecule has 12 rings (SSSR count). The number of halogens is 1. The molecule has 4 amide bonds.